The summed E-state index contributed by atoms with van der Waals surface area (Å²) in [6.07, 6.45) is 2.31. The molecule has 0 unspecified atom stereocenters. The van der Waals surface area contributed by atoms with Crippen molar-refractivity contribution in [3.8, 4) is 5.75 Å². The van der Waals surface area contributed by atoms with Crippen molar-refractivity contribution in [3.05, 3.63) is 41.0 Å². The van der Waals surface area contributed by atoms with E-state index < -0.39 is 11.9 Å². The number of pyridine rings is 2. The molecule has 4 N–H and O–H groups in total. The van der Waals surface area contributed by atoms with Crippen molar-refractivity contribution in [1.29, 1.82) is 0 Å². The molecule has 0 spiro atoms. The van der Waals surface area contributed by atoms with E-state index in [-0.39, 0.29) is 5.82 Å². The number of nitrogens with zero attached hydrogens (tertiary/aromatic N) is 2. The number of aryl methyl sites for hydroxylation is 1. The Morgan fingerprint density at radius 2 is 2.18 bits per heavy atom. The Hall–Kier alpha value is -2.71. The number of β-amino-alcohol motifs (C(OH)–C–C–N with tert-alkyl or cyclic N) is 1. The maximum absolute atomic E-state index is 15.5. The van der Waals surface area contributed by atoms with E-state index in [0.717, 1.165) is 17.0 Å². The predicted octanol–water partition coefficient (Wildman–Crippen LogP) is 2.38. The fraction of sp³-hybridized carbons (Fsp3) is 0.400. The molecule has 2 aromatic rings. The van der Waals surface area contributed by atoms with Gasteiger partial charge in [0, 0.05) is 50.4 Å². The van der Waals surface area contributed by atoms with E-state index in [2.05, 4.69) is 25.9 Å². The van der Waals surface area contributed by atoms with Gasteiger partial charge in [-0.1, -0.05) is 6.08 Å². The quantitative estimate of drug-likeness (QED) is 0.642. The van der Waals surface area contributed by atoms with Crippen molar-refractivity contribution in [2.45, 2.75) is 25.9 Å². The van der Waals surface area contributed by atoms with Crippen molar-refractivity contribution in [3.63, 3.8) is 0 Å². The number of aliphatic hydroxyl groups is 1. The number of rotatable bonds is 4. The van der Waals surface area contributed by atoms with E-state index in [0.29, 0.717) is 55.4 Å². The van der Waals surface area contributed by atoms with Gasteiger partial charge in [-0.25, -0.2) is 14.4 Å². The summed E-state index contributed by atoms with van der Waals surface area (Å²) in [7, 11) is 1.82. The number of halogens is 1. The zero-order valence-electron chi connectivity index (χ0n) is 16.0. The third kappa shape index (κ3) is 3.65. The molecule has 4 rings (SSSR count). The molecule has 28 heavy (non-hydrogen) atoms. The fourth-order valence-corrected chi connectivity index (χ4v) is 3.60. The second kappa shape index (κ2) is 7.73. The summed E-state index contributed by atoms with van der Waals surface area (Å²) >= 11 is 0. The van der Waals surface area contributed by atoms with Crippen LogP contribution in [0.3, 0.4) is 0 Å². The number of hydrogen-bond donors (Lipinski definition) is 4. The van der Waals surface area contributed by atoms with Crippen LogP contribution in [0.4, 0.5) is 21.7 Å². The maximum Gasteiger partial charge on any atom is 0.177 e. The zero-order chi connectivity index (χ0) is 19.7. The SMILES string of the molecule is CNc1cc(C)nc(Nc2nc3c(c(C4=CCNC[C@@H](O)C4)c2F)OCC3)c1. The first-order valence-corrected chi connectivity index (χ1v) is 9.42. The summed E-state index contributed by atoms with van der Waals surface area (Å²) in [4.78, 5) is 8.88. The standard InChI is InChI=1S/C20H24FN5O2/c1-11-7-13(22-2)9-16(24-11)26-20-18(21)17(19-15(25-20)4-6-28-19)12-3-5-23-10-14(27)8-12/h3,7,9,14,23,27H,4-6,8,10H2,1-2H3,(H2,22,24,25,26)/t14-/m0/s1. The molecule has 2 aliphatic heterocycles. The topological polar surface area (TPSA) is 91.3 Å². The molecule has 2 aliphatic rings. The van der Waals surface area contributed by atoms with Gasteiger partial charge in [0.05, 0.1) is 24.0 Å². The van der Waals surface area contributed by atoms with Crippen LogP contribution in [0.2, 0.25) is 0 Å². The van der Waals surface area contributed by atoms with E-state index in [9.17, 15) is 5.11 Å². The van der Waals surface area contributed by atoms with E-state index in [4.69, 9.17) is 4.74 Å². The van der Waals surface area contributed by atoms with E-state index >= 15 is 4.39 Å². The Bertz CT molecular complexity index is 931. The van der Waals surface area contributed by atoms with Crippen molar-refractivity contribution in [2.24, 2.45) is 0 Å². The van der Waals surface area contributed by atoms with Gasteiger partial charge in [-0.15, -0.1) is 0 Å². The van der Waals surface area contributed by atoms with Gasteiger partial charge in [-0.2, -0.15) is 0 Å². The smallest absolute Gasteiger partial charge is 0.177 e. The molecular weight excluding hydrogens is 361 g/mol. The predicted molar refractivity (Wildman–Crippen MR) is 107 cm³/mol. The highest BCUT2D eigenvalue weighted by Crippen LogP contribution is 2.40. The summed E-state index contributed by atoms with van der Waals surface area (Å²) in [6.45, 7) is 3.39. The van der Waals surface area contributed by atoms with Crippen LogP contribution in [-0.2, 0) is 6.42 Å². The molecule has 0 fully saturated rings. The number of fused-ring (bicyclic) bond motifs is 1. The number of hydrogen-bond acceptors (Lipinski definition) is 7. The van der Waals surface area contributed by atoms with Gasteiger partial charge in [-0.3, -0.25) is 0 Å². The van der Waals surface area contributed by atoms with Gasteiger partial charge in [0.1, 0.15) is 5.82 Å². The molecule has 0 saturated carbocycles. The summed E-state index contributed by atoms with van der Waals surface area (Å²) in [5.41, 5.74) is 3.51. The van der Waals surface area contributed by atoms with Crippen molar-refractivity contribution in [1.82, 2.24) is 15.3 Å². The Balaban J connectivity index is 1.77. The summed E-state index contributed by atoms with van der Waals surface area (Å²) in [6, 6.07) is 3.71. The van der Waals surface area contributed by atoms with Gasteiger partial charge >= 0.3 is 0 Å². The minimum Gasteiger partial charge on any atom is -0.491 e. The van der Waals surface area contributed by atoms with Gasteiger partial charge < -0.3 is 25.8 Å². The first kappa shape index (κ1) is 18.6. The monoisotopic (exact) mass is 385 g/mol. The normalized spacial score (nSPS) is 18.7. The number of nitrogens with one attached hydrogen (secondary N) is 3. The van der Waals surface area contributed by atoms with E-state index in [1.165, 1.54) is 0 Å². The molecule has 0 saturated heterocycles. The largest absolute Gasteiger partial charge is 0.491 e. The zero-order valence-corrected chi connectivity index (χ0v) is 16.0. The van der Waals surface area contributed by atoms with Crippen molar-refractivity contribution >= 4 is 22.9 Å². The molecule has 148 valence electrons. The van der Waals surface area contributed by atoms with Crippen LogP contribution in [0.5, 0.6) is 5.75 Å². The molecular formula is C20H24FN5O2. The Kier molecular flexibility index (Phi) is 5.15. The molecule has 4 heterocycles. The van der Waals surface area contributed by atoms with E-state index in [1.807, 2.05) is 26.1 Å². The highest BCUT2D eigenvalue weighted by atomic mass is 19.1. The van der Waals surface area contributed by atoms with Gasteiger partial charge in [0.25, 0.3) is 0 Å². The van der Waals surface area contributed by atoms with Crippen LogP contribution in [0.15, 0.2) is 18.2 Å². The van der Waals surface area contributed by atoms with Crippen LogP contribution in [0, 0.1) is 12.7 Å². The molecule has 0 aromatic carbocycles. The highest BCUT2D eigenvalue weighted by Gasteiger charge is 2.28. The van der Waals surface area contributed by atoms with Gasteiger partial charge in [-0.05, 0) is 18.6 Å². The molecule has 7 nitrogen and oxygen atoms in total. The number of aromatic nitrogens is 2. The van der Waals surface area contributed by atoms with Gasteiger partial charge in [0.15, 0.2) is 17.4 Å². The first-order valence-electron chi connectivity index (χ1n) is 9.42. The lowest BCUT2D eigenvalue weighted by Gasteiger charge is -2.17. The third-order valence-corrected chi connectivity index (χ3v) is 4.89. The van der Waals surface area contributed by atoms with Crippen LogP contribution >= 0.6 is 0 Å². The molecule has 1 atom stereocenters. The molecule has 8 heteroatoms. The van der Waals surface area contributed by atoms with Crippen molar-refractivity contribution < 1.29 is 14.2 Å². The number of anilines is 3. The third-order valence-electron chi connectivity index (χ3n) is 4.89. The number of aliphatic hydroxyl groups excluding tert-OH is 1. The lowest BCUT2D eigenvalue weighted by Crippen LogP contribution is -2.24. The van der Waals surface area contributed by atoms with Crippen LogP contribution in [-0.4, -0.2) is 47.9 Å². The average molecular weight is 385 g/mol. The minimum absolute atomic E-state index is 0.118. The molecule has 0 radical (unpaired) electrons. The average Bonchev–Trinajstić information content (AvgIpc) is 3.01. The lowest BCUT2D eigenvalue weighted by molar-refractivity contribution is 0.180. The molecule has 0 amide bonds. The fourth-order valence-electron chi connectivity index (χ4n) is 3.60. The van der Waals surface area contributed by atoms with Gasteiger partial charge in [0.2, 0.25) is 0 Å². The molecule has 2 aromatic heterocycles. The van der Waals surface area contributed by atoms with Crippen LogP contribution in [0.25, 0.3) is 5.57 Å². The summed E-state index contributed by atoms with van der Waals surface area (Å²) < 4.78 is 21.3. The van der Waals surface area contributed by atoms with Crippen LogP contribution in [0.1, 0.15) is 23.4 Å². The maximum atomic E-state index is 15.5. The first-order chi connectivity index (χ1) is 13.5. The molecule has 0 aliphatic carbocycles. The van der Waals surface area contributed by atoms with Crippen molar-refractivity contribution in [2.75, 3.05) is 37.4 Å². The van der Waals surface area contributed by atoms with E-state index in [1.54, 1.807) is 6.07 Å². The minimum atomic E-state index is -0.577. The summed E-state index contributed by atoms with van der Waals surface area (Å²) in [5.74, 6) is 0.621. The lowest BCUT2D eigenvalue weighted by atomic mass is 9.98. The highest BCUT2D eigenvalue weighted by molar-refractivity contribution is 5.76. The second-order valence-corrected chi connectivity index (χ2v) is 7.03. The Morgan fingerprint density at radius 1 is 1.32 bits per heavy atom. The Labute approximate surface area is 163 Å². The number of ether oxygens (including phenoxy) is 1. The molecule has 0 bridgehead atoms. The second-order valence-electron chi connectivity index (χ2n) is 7.03. The summed E-state index contributed by atoms with van der Waals surface area (Å²) in [5, 5.41) is 19.4. The Morgan fingerprint density at radius 3 is 3.00 bits per heavy atom. The van der Waals surface area contributed by atoms with Crippen LogP contribution < -0.4 is 20.7 Å².